The third-order valence-corrected chi connectivity index (χ3v) is 6.00. The number of imidazole rings is 2. The average Bonchev–Trinajstić information content (AvgIpc) is 3.58. The molecule has 3 amide bonds. The van der Waals surface area contributed by atoms with E-state index in [4.69, 9.17) is 10.8 Å². The van der Waals surface area contributed by atoms with Crippen LogP contribution in [0.5, 0.6) is 0 Å². The standard InChI is InChI=1S/C23H34N8O7/c1-3-12(2)19(31-20(34)15(24)4-5-18(32)33)22(36)29-16(6-13-8-25-10-27-13)21(35)30-17(23(37)38)7-14-9-26-11-28-14/h8-12,15-17,19H,3-7,24H2,1-2H3,(H,25,27)(H,26,28)(H,29,36)(H,30,35)(H,31,34)(H,32,33)(H,37,38). The predicted molar refractivity (Wildman–Crippen MR) is 132 cm³/mol. The van der Waals surface area contributed by atoms with Crippen LogP contribution in [-0.4, -0.2) is 84.0 Å². The molecule has 0 fully saturated rings. The minimum absolute atomic E-state index is 0.0345. The molecule has 2 rings (SSSR count). The quantitative estimate of drug-likeness (QED) is 0.126. The monoisotopic (exact) mass is 534 g/mol. The second-order valence-corrected chi connectivity index (χ2v) is 8.93. The molecule has 0 radical (unpaired) electrons. The molecule has 9 N–H and O–H groups in total. The van der Waals surface area contributed by atoms with Gasteiger partial charge >= 0.3 is 11.9 Å². The lowest BCUT2D eigenvalue weighted by molar-refractivity contribution is -0.142. The molecule has 0 aliphatic rings. The van der Waals surface area contributed by atoms with Gasteiger partial charge in [-0.25, -0.2) is 14.8 Å². The second-order valence-electron chi connectivity index (χ2n) is 8.93. The smallest absolute Gasteiger partial charge is 0.326 e. The Morgan fingerprint density at radius 3 is 1.92 bits per heavy atom. The van der Waals surface area contributed by atoms with Crippen molar-refractivity contribution in [2.45, 2.75) is 70.1 Å². The fourth-order valence-corrected chi connectivity index (χ4v) is 3.55. The number of amides is 3. The zero-order valence-corrected chi connectivity index (χ0v) is 21.1. The number of hydrogen-bond acceptors (Lipinski definition) is 8. The minimum Gasteiger partial charge on any atom is -0.481 e. The van der Waals surface area contributed by atoms with Gasteiger partial charge < -0.3 is 41.9 Å². The van der Waals surface area contributed by atoms with Gasteiger partial charge in [0, 0.05) is 43.0 Å². The predicted octanol–water partition coefficient (Wildman–Crippen LogP) is -1.30. The summed E-state index contributed by atoms with van der Waals surface area (Å²) in [6.45, 7) is 3.53. The molecule has 15 nitrogen and oxygen atoms in total. The first-order valence-electron chi connectivity index (χ1n) is 12.1. The van der Waals surface area contributed by atoms with E-state index in [1.54, 1.807) is 6.92 Å². The molecule has 0 bridgehead atoms. The fraction of sp³-hybridized carbons (Fsp3) is 0.522. The molecule has 0 aliphatic heterocycles. The molecule has 5 unspecified atom stereocenters. The Hall–Kier alpha value is -4.27. The molecule has 0 aromatic carbocycles. The molecule has 0 saturated carbocycles. The summed E-state index contributed by atoms with van der Waals surface area (Å²) in [4.78, 5) is 75.0. The normalized spacial score (nSPS) is 14.9. The van der Waals surface area contributed by atoms with E-state index in [-0.39, 0.29) is 31.6 Å². The molecular formula is C23H34N8O7. The van der Waals surface area contributed by atoms with Crippen LogP contribution in [0.4, 0.5) is 0 Å². The van der Waals surface area contributed by atoms with E-state index in [1.165, 1.54) is 25.0 Å². The van der Waals surface area contributed by atoms with Crippen molar-refractivity contribution in [1.29, 1.82) is 0 Å². The van der Waals surface area contributed by atoms with Gasteiger partial charge in [0.05, 0.1) is 18.7 Å². The molecule has 5 atom stereocenters. The number of rotatable bonds is 16. The highest BCUT2D eigenvalue weighted by Gasteiger charge is 2.33. The number of carbonyl (C=O) groups excluding carboxylic acids is 3. The fourth-order valence-electron chi connectivity index (χ4n) is 3.55. The largest absolute Gasteiger partial charge is 0.481 e. The van der Waals surface area contributed by atoms with E-state index >= 15 is 0 Å². The summed E-state index contributed by atoms with van der Waals surface area (Å²) < 4.78 is 0. The van der Waals surface area contributed by atoms with Gasteiger partial charge in [-0.2, -0.15) is 0 Å². The topological polar surface area (TPSA) is 245 Å². The molecule has 2 heterocycles. The Labute approximate surface area is 218 Å². The van der Waals surface area contributed by atoms with Crippen molar-refractivity contribution < 1.29 is 34.2 Å². The lowest BCUT2D eigenvalue weighted by Crippen LogP contribution is -2.59. The number of nitrogens with zero attached hydrogens (tertiary/aromatic N) is 2. The molecule has 2 aromatic heterocycles. The van der Waals surface area contributed by atoms with Crippen molar-refractivity contribution in [1.82, 2.24) is 35.9 Å². The first-order valence-corrected chi connectivity index (χ1v) is 12.1. The number of nitrogens with one attached hydrogen (secondary N) is 5. The third kappa shape index (κ3) is 9.31. The van der Waals surface area contributed by atoms with Crippen LogP contribution in [0.1, 0.15) is 44.5 Å². The molecule has 0 aliphatic carbocycles. The van der Waals surface area contributed by atoms with Gasteiger partial charge in [-0.1, -0.05) is 20.3 Å². The number of carboxylic acids is 2. The van der Waals surface area contributed by atoms with Crippen LogP contribution in [0, 0.1) is 5.92 Å². The van der Waals surface area contributed by atoms with Crippen molar-refractivity contribution in [2.24, 2.45) is 11.7 Å². The summed E-state index contributed by atoms with van der Waals surface area (Å²) in [6, 6.07) is -4.74. The third-order valence-electron chi connectivity index (χ3n) is 6.00. The van der Waals surface area contributed by atoms with Gasteiger partial charge in [0.25, 0.3) is 0 Å². The molecule has 208 valence electrons. The minimum atomic E-state index is -1.30. The second kappa shape index (κ2) is 14.5. The number of aliphatic carboxylic acids is 2. The summed E-state index contributed by atoms with van der Waals surface area (Å²) in [5.74, 6) is -4.89. The van der Waals surface area contributed by atoms with Gasteiger partial charge in [-0.05, 0) is 12.3 Å². The van der Waals surface area contributed by atoms with Crippen LogP contribution in [0.15, 0.2) is 25.0 Å². The number of carbonyl (C=O) groups is 5. The molecule has 38 heavy (non-hydrogen) atoms. The van der Waals surface area contributed by atoms with Gasteiger partial charge in [0.2, 0.25) is 17.7 Å². The number of H-pyrrole nitrogens is 2. The highest BCUT2D eigenvalue weighted by atomic mass is 16.4. The Balaban J connectivity index is 2.19. The van der Waals surface area contributed by atoms with Crippen molar-refractivity contribution in [3.63, 3.8) is 0 Å². The molecule has 0 saturated heterocycles. The average molecular weight is 535 g/mol. The first-order chi connectivity index (χ1) is 18.0. The van der Waals surface area contributed by atoms with E-state index in [1.807, 2.05) is 6.92 Å². The molecular weight excluding hydrogens is 500 g/mol. The highest BCUT2D eigenvalue weighted by Crippen LogP contribution is 2.11. The van der Waals surface area contributed by atoms with Crippen LogP contribution in [0.3, 0.4) is 0 Å². The number of nitrogens with two attached hydrogens (primary N) is 1. The Bertz CT molecular complexity index is 1070. The summed E-state index contributed by atoms with van der Waals surface area (Å²) in [5, 5.41) is 26.0. The zero-order valence-electron chi connectivity index (χ0n) is 21.1. The number of hydrogen-bond donors (Lipinski definition) is 8. The summed E-state index contributed by atoms with van der Waals surface area (Å²) in [5.41, 5.74) is 6.79. The number of aromatic amines is 2. The van der Waals surface area contributed by atoms with Crippen LogP contribution in [-0.2, 0) is 36.8 Å². The SMILES string of the molecule is CCC(C)C(NC(=O)C(N)CCC(=O)O)C(=O)NC(Cc1cnc[nH]1)C(=O)NC(Cc1cnc[nH]1)C(=O)O. The van der Waals surface area contributed by atoms with E-state index < -0.39 is 53.8 Å². The summed E-state index contributed by atoms with van der Waals surface area (Å²) >= 11 is 0. The number of aromatic nitrogens is 4. The number of carboxylic acid groups (broad SMARTS) is 2. The van der Waals surface area contributed by atoms with Crippen LogP contribution >= 0.6 is 0 Å². The van der Waals surface area contributed by atoms with Crippen molar-refractivity contribution in [3.8, 4) is 0 Å². The lowest BCUT2D eigenvalue weighted by atomic mass is 9.96. The maximum atomic E-state index is 13.3. The van der Waals surface area contributed by atoms with Crippen molar-refractivity contribution in [3.05, 3.63) is 36.4 Å². The van der Waals surface area contributed by atoms with E-state index in [9.17, 15) is 29.1 Å². The first kappa shape index (κ1) is 30.0. The Morgan fingerprint density at radius 2 is 1.45 bits per heavy atom. The van der Waals surface area contributed by atoms with Gasteiger partial charge in [-0.15, -0.1) is 0 Å². The molecule has 2 aromatic rings. The maximum Gasteiger partial charge on any atom is 0.326 e. The zero-order chi connectivity index (χ0) is 28.2. The lowest BCUT2D eigenvalue weighted by Gasteiger charge is -2.28. The van der Waals surface area contributed by atoms with E-state index in [0.717, 1.165) is 0 Å². The van der Waals surface area contributed by atoms with Gasteiger partial charge in [0.1, 0.15) is 18.1 Å². The summed E-state index contributed by atoms with van der Waals surface area (Å²) in [7, 11) is 0. The van der Waals surface area contributed by atoms with Crippen molar-refractivity contribution >= 4 is 29.7 Å². The van der Waals surface area contributed by atoms with Gasteiger partial charge in [0.15, 0.2) is 0 Å². The Kier molecular flexibility index (Phi) is 11.4. The highest BCUT2D eigenvalue weighted by molar-refractivity contribution is 5.94. The Morgan fingerprint density at radius 1 is 0.895 bits per heavy atom. The van der Waals surface area contributed by atoms with Crippen LogP contribution in [0.2, 0.25) is 0 Å². The van der Waals surface area contributed by atoms with E-state index in [0.29, 0.717) is 17.8 Å². The van der Waals surface area contributed by atoms with Crippen LogP contribution in [0.25, 0.3) is 0 Å². The van der Waals surface area contributed by atoms with Crippen molar-refractivity contribution in [2.75, 3.05) is 0 Å². The summed E-state index contributed by atoms with van der Waals surface area (Å²) in [6.07, 6.45) is 5.63. The van der Waals surface area contributed by atoms with Crippen LogP contribution < -0.4 is 21.7 Å². The maximum absolute atomic E-state index is 13.3. The molecule has 15 heteroatoms. The van der Waals surface area contributed by atoms with Gasteiger partial charge in [-0.3, -0.25) is 19.2 Å². The van der Waals surface area contributed by atoms with E-state index in [2.05, 4.69) is 35.9 Å². The molecule has 0 spiro atoms.